The van der Waals surface area contributed by atoms with Gasteiger partial charge in [-0.05, 0) is 54.7 Å². The number of H-pyrrole nitrogens is 1. The molecule has 0 bridgehead atoms. The van der Waals surface area contributed by atoms with E-state index in [1.54, 1.807) is 6.07 Å². The molecule has 0 fully saturated rings. The second-order valence-electron chi connectivity index (χ2n) is 8.22. The van der Waals surface area contributed by atoms with Gasteiger partial charge in [-0.2, -0.15) is 0 Å². The molecule has 0 saturated carbocycles. The van der Waals surface area contributed by atoms with Crippen molar-refractivity contribution in [2.75, 3.05) is 0 Å². The first kappa shape index (κ1) is 19.7. The Balaban J connectivity index is 1.33. The standard InChI is InChI=1S/C25H27N5O/c26-14-18-9-8-16(12-23(18)31)15-27-22-7-3-4-17-10-11-19(28-25(17)22)13-24-29-20-5-1-2-6-21(20)30-24/h1-2,5-6,8-12,22,27,31H,3-4,7,13-15,26H2,(H,29,30). The largest absolute Gasteiger partial charge is 0.508 e. The Kier molecular flexibility index (Phi) is 5.40. The van der Waals surface area contributed by atoms with E-state index < -0.39 is 0 Å². The minimum absolute atomic E-state index is 0.204. The summed E-state index contributed by atoms with van der Waals surface area (Å²) >= 11 is 0. The number of hydrogen-bond donors (Lipinski definition) is 4. The molecule has 31 heavy (non-hydrogen) atoms. The highest BCUT2D eigenvalue weighted by Crippen LogP contribution is 2.29. The average Bonchev–Trinajstić information content (AvgIpc) is 3.20. The van der Waals surface area contributed by atoms with Crippen LogP contribution < -0.4 is 11.1 Å². The third-order valence-corrected chi connectivity index (χ3v) is 6.05. The summed E-state index contributed by atoms with van der Waals surface area (Å²) in [6.45, 7) is 1.02. The molecule has 5 N–H and O–H groups in total. The van der Waals surface area contributed by atoms with E-state index in [-0.39, 0.29) is 11.8 Å². The van der Waals surface area contributed by atoms with Crippen molar-refractivity contribution in [3.8, 4) is 5.75 Å². The smallest absolute Gasteiger partial charge is 0.120 e. The molecule has 2 aromatic carbocycles. The number of phenols is 1. The molecule has 6 heteroatoms. The molecule has 0 aliphatic heterocycles. The van der Waals surface area contributed by atoms with Crippen molar-refractivity contribution in [3.63, 3.8) is 0 Å². The van der Waals surface area contributed by atoms with Crippen LogP contribution in [0.5, 0.6) is 5.75 Å². The second-order valence-corrected chi connectivity index (χ2v) is 8.22. The maximum atomic E-state index is 10.1. The van der Waals surface area contributed by atoms with Crippen molar-refractivity contribution >= 4 is 11.0 Å². The van der Waals surface area contributed by atoms with Crippen LogP contribution in [-0.4, -0.2) is 20.1 Å². The van der Waals surface area contributed by atoms with Gasteiger partial charge in [0.1, 0.15) is 11.6 Å². The van der Waals surface area contributed by atoms with Crippen LogP contribution in [0.2, 0.25) is 0 Å². The first-order valence-electron chi connectivity index (χ1n) is 10.9. The number of imidazole rings is 1. The molecular weight excluding hydrogens is 386 g/mol. The summed E-state index contributed by atoms with van der Waals surface area (Å²) in [7, 11) is 0. The zero-order valence-corrected chi connectivity index (χ0v) is 17.4. The number of pyridine rings is 1. The van der Waals surface area contributed by atoms with Gasteiger partial charge in [0.05, 0.1) is 22.8 Å². The predicted molar refractivity (Wildman–Crippen MR) is 122 cm³/mol. The summed E-state index contributed by atoms with van der Waals surface area (Å²) in [5.74, 6) is 1.20. The third kappa shape index (κ3) is 4.17. The minimum atomic E-state index is 0.204. The van der Waals surface area contributed by atoms with Crippen LogP contribution in [-0.2, 0) is 25.9 Å². The topological polar surface area (TPSA) is 99.8 Å². The maximum absolute atomic E-state index is 10.1. The lowest BCUT2D eigenvalue weighted by molar-refractivity contribution is 0.443. The van der Waals surface area contributed by atoms with Gasteiger partial charge in [-0.1, -0.05) is 30.3 Å². The molecule has 6 nitrogen and oxygen atoms in total. The zero-order valence-electron chi connectivity index (χ0n) is 17.4. The van der Waals surface area contributed by atoms with Crippen molar-refractivity contribution in [2.45, 2.75) is 44.8 Å². The van der Waals surface area contributed by atoms with Gasteiger partial charge in [0.15, 0.2) is 0 Å². The zero-order chi connectivity index (χ0) is 21.2. The Morgan fingerprint density at radius 3 is 2.84 bits per heavy atom. The van der Waals surface area contributed by atoms with Crippen LogP contribution in [0.1, 0.15) is 52.8 Å². The molecule has 4 aromatic rings. The van der Waals surface area contributed by atoms with Gasteiger partial charge in [-0.25, -0.2) is 4.98 Å². The number of aryl methyl sites for hydroxylation is 1. The summed E-state index contributed by atoms with van der Waals surface area (Å²) in [6.07, 6.45) is 3.95. The van der Waals surface area contributed by atoms with Gasteiger partial charge in [0.2, 0.25) is 0 Å². The molecule has 1 atom stereocenters. The van der Waals surface area contributed by atoms with E-state index in [1.807, 2.05) is 36.4 Å². The number of hydrogen-bond acceptors (Lipinski definition) is 5. The van der Waals surface area contributed by atoms with Gasteiger partial charge in [0, 0.05) is 30.8 Å². The van der Waals surface area contributed by atoms with Crippen LogP contribution in [0.25, 0.3) is 11.0 Å². The normalized spacial score (nSPS) is 15.8. The number of nitrogens with two attached hydrogens (primary N) is 1. The first-order valence-corrected chi connectivity index (χ1v) is 10.9. The first-order chi connectivity index (χ1) is 15.2. The van der Waals surface area contributed by atoms with E-state index in [1.165, 1.54) is 5.56 Å². The highest BCUT2D eigenvalue weighted by molar-refractivity contribution is 5.74. The Hall–Kier alpha value is -3.22. The van der Waals surface area contributed by atoms with Crippen LogP contribution in [0.4, 0.5) is 0 Å². The summed E-state index contributed by atoms with van der Waals surface area (Å²) in [5.41, 5.74) is 13.0. The third-order valence-electron chi connectivity index (χ3n) is 6.05. The lowest BCUT2D eigenvalue weighted by atomic mass is 9.91. The van der Waals surface area contributed by atoms with Crippen molar-refractivity contribution in [1.29, 1.82) is 0 Å². The van der Waals surface area contributed by atoms with Gasteiger partial charge < -0.3 is 21.1 Å². The monoisotopic (exact) mass is 413 g/mol. The quantitative estimate of drug-likeness (QED) is 0.384. The van der Waals surface area contributed by atoms with Gasteiger partial charge >= 0.3 is 0 Å². The summed E-state index contributed by atoms with van der Waals surface area (Å²) in [5, 5.41) is 13.7. The highest BCUT2D eigenvalue weighted by Gasteiger charge is 2.22. The number of nitrogens with one attached hydrogen (secondary N) is 2. The lowest BCUT2D eigenvalue weighted by Gasteiger charge is -2.26. The summed E-state index contributed by atoms with van der Waals surface area (Å²) in [4.78, 5) is 13.1. The molecule has 0 radical (unpaired) electrons. The van der Waals surface area contributed by atoms with Crippen LogP contribution in [0, 0.1) is 0 Å². The van der Waals surface area contributed by atoms with Gasteiger partial charge in [0.25, 0.3) is 0 Å². The molecule has 1 aliphatic carbocycles. The van der Waals surface area contributed by atoms with Crippen molar-refractivity contribution in [2.24, 2.45) is 5.73 Å². The van der Waals surface area contributed by atoms with Crippen molar-refractivity contribution in [1.82, 2.24) is 20.3 Å². The fourth-order valence-electron chi connectivity index (χ4n) is 4.38. The van der Waals surface area contributed by atoms with E-state index in [2.05, 4.69) is 22.4 Å². The predicted octanol–water partition coefficient (Wildman–Crippen LogP) is 3.88. The number of benzene rings is 2. The molecule has 2 aromatic heterocycles. The van der Waals surface area contributed by atoms with E-state index in [4.69, 9.17) is 15.7 Å². The maximum Gasteiger partial charge on any atom is 0.120 e. The van der Waals surface area contributed by atoms with E-state index in [9.17, 15) is 5.11 Å². The number of para-hydroxylation sites is 2. The Bertz CT molecular complexity index is 1180. The molecular formula is C25H27N5O. The van der Waals surface area contributed by atoms with Gasteiger partial charge in [-0.15, -0.1) is 0 Å². The van der Waals surface area contributed by atoms with Crippen LogP contribution in [0.3, 0.4) is 0 Å². The Morgan fingerprint density at radius 1 is 1.10 bits per heavy atom. The van der Waals surface area contributed by atoms with E-state index in [0.717, 1.165) is 58.6 Å². The number of phenolic OH excluding ortho intramolecular Hbond substituents is 1. The lowest BCUT2D eigenvalue weighted by Crippen LogP contribution is -2.26. The molecule has 1 unspecified atom stereocenters. The molecule has 158 valence electrons. The number of fused-ring (bicyclic) bond motifs is 2. The molecule has 2 heterocycles. The number of aromatic hydroxyl groups is 1. The Morgan fingerprint density at radius 2 is 2.00 bits per heavy atom. The number of nitrogens with zero attached hydrogens (tertiary/aromatic N) is 2. The second kappa shape index (κ2) is 8.49. The van der Waals surface area contributed by atoms with Crippen LogP contribution >= 0.6 is 0 Å². The van der Waals surface area contributed by atoms with Crippen LogP contribution in [0.15, 0.2) is 54.6 Å². The highest BCUT2D eigenvalue weighted by atomic mass is 16.3. The summed E-state index contributed by atoms with van der Waals surface area (Å²) < 4.78 is 0. The Labute approximate surface area is 181 Å². The minimum Gasteiger partial charge on any atom is -0.508 e. The van der Waals surface area contributed by atoms with E-state index >= 15 is 0 Å². The molecule has 0 spiro atoms. The van der Waals surface area contributed by atoms with E-state index in [0.29, 0.717) is 19.5 Å². The fourth-order valence-corrected chi connectivity index (χ4v) is 4.38. The van der Waals surface area contributed by atoms with Gasteiger partial charge in [-0.3, -0.25) is 4.98 Å². The molecule has 1 aliphatic rings. The average molecular weight is 414 g/mol. The van der Waals surface area contributed by atoms with Crippen molar-refractivity contribution in [3.05, 3.63) is 88.5 Å². The molecule has 0 amide bonds. The molecule has 5 rings (SSSR count). The summed E-state index contributed by atoms with van der Waals surface area (Å²) in [6, 6.07) is 18.3. The fraction of sp³-hybridized carbons (Fsp3) is 0.280. The van der Waals surface area contributed by atoms with Crippen molar-refractivity contribution < 1.29 is 5.11 Å². The number of aromatic amines is 1. The molecule has 0 saturated heterocycles. The SMILES string of the molecule is NCc1ccc(CNC2CCCc3ccc(Cc4nc5ccccc5[nH]4)nc32)cc1O. The number of rotatable bonds is 6. The number of aromatic nitrogens is 3.